The standard InChI is InChI=1S/C14H8ClNO2S2/c15-12-6-5-11(20-12)10-7-19-13(16-10)8-1-3-9(4-2-8)14(17)18/h1-7H,(H,17,18). The summed E-state index contributed by atoms with van der Waals surface area (Å²) in [7, 11) is 0. The summed E-state index contributed by atoms with van der Waals surface area (Å²) < 4.78 is 0.736. The molecule has 20 heavy (non-hydrogen) atoms. The Balaban J connectivity index is 1.91. The molecule has 0 fully saturated rings. The van der Waals surface area contributed by atoms with Crippen molar-refractivity contribution >= 4 is 40.2 Å². The van der Waals surface area contributed by atoms with Crippen molar-refractivity contribution in [3.63, 3.8) is 0 Å². The van der Waals surface area contributed by atoms with E-state index in [9.17, 15) is 4.79 Å². The van der Waals surface area contributed by atoms with Gasteiger partial charge in [0.15, 0.2) is 0 Å². The fourth-order valence-electron chi connectivity index (χ4n) is 1.73. The number of aromatic nitrogens is 1. The number of benzene rings is 1. The lowest BCUT2D eigenvalue weighted by atomic mass is 10.1. The lowest BCUT2D eigenvalue weighted by Crippen LogP contribution is -1.94. The van der Waals surface area contributed by atoms with Crippen molar-refractivity contribution < 1.29 is 9.90 Å². The van der Waals surface area contributed by atoms with Crippen LogP contribution in [0.15, 0.2) is 41.8 Å². The molecule has 0 saturated heterocycles. The topological polar surface area (TPSA) is 50.2 Å². The zero-order chi connectivity index (χ0) is 14.1. The Hall–Kier alpha value is -1.69. The Bertz CT molecular complexity index is 762. The van der Waals surface area contributed by atoms with Gasteiger partial charge >= 0.3 is 5.97 Å². The van der Waals surface area contributed by atoms with Crippen molar-refractivity contribution in [1.29, 1.82) is 0 Å². The minimum absolute atomic E-state index is 0.274. The molecule has 0 saturated carbocycles. The largest absolute Gasteiger partial charge is 0.478 e. The molecule has 0 aliphatic heterocycles. The second-order valence-corrected chi connectivity index (χ2v) is 6.60. The summed E-state index contributed by atoms with van der Waals surface area (Å²) in [6.07, 6.45) is 0. The van der Waals surface area contributed by atoms with Gasteiger partial charge in [-0.05, 0) is 24.3 Å². The van der Waals surface area contributed by atoms with E-state index in [1.165, 1.54) is 22.7 Å². The van der Waals surface area contributed by atoms with Crippen LogP contribution in [-0.2, 0) is 0 Å². The highest BCUT2D eigenvalue weighted by Crippen LogP contribution is 2.34. The fourth-order valence-corrected chi connectivity index (χ4v) is 3.63. The van der Waals surface area contributed by atoms with Crippen LogP contribution in [0.3, 0.4) is 0 Å². The van der Waals surface area contributed by atoms with Crippen molar-refractivity contribution in [1.82, 2.24) is 4.98 Å². The third-order valence-corrected chi connectivity index (χ3v) is 4.85. The third-order valence-electron chi connectivity index (χ3n) is 2.71. The Labute approximate surface area is 128 Å². The van der Waals surface area contributed by atoms with Gasteiger partial charge in [-0.2, -0.15) is 0 Å². The zero-order valence-corrected chi connectivity index (χ0v) is 12.4. The van der Waals surface area contributed by atoms with Crippen LogP contribution in [0.25, 0.3) is 21.1 Å². The van der Waals surface area contributed by atoms with E-state index >= 15 is 0 Å². The third kappa shape index (κ3) is 2.60. The average Bonchev–Trinajstić information content (AvgIpc) is 3.07. The highest BCUT2D eigenvalue weighted by Gasteiger charge is 2.09. The van der Waals surface area contributed by atoms with Crippen molar-refractivity contribution in [2.45, 2.75) is 0 Å². The molecule has 2 aromatic heterocycles. The number of aromatic carboxylic acids is 1. The maximum Gasteiger partial charge on any atom is 0.335 e. The Morgan fingerprint density at radius 2 is 1.90 bits per heavy atom. The van der Waals surface area contributed by atoms with Crippen molar-refractivity contribution in [2.75, 3.05) is 0 Å². The molecule has 6 heteroatoms. The number of carboxylic acids is 1. The molecule has 0 bridgehead atoms. The van der Waals surface area contributed by atoms with Gasteiger partial charge in [-0.15, -0.1) is 22.7 Å². The van der Waals surface area contributed by atoms with E-state index in [4.69, 9.17) is 16.7 Å². The summed E-state index contributed by atoms with van der Waals surface area (Å²) in [6, 6.07) is 10.5. The van der Waals surface area contributed by atoms with E-state index in [1.807, 2.05) is 17.5 Å². The molecule has 0 spiro atoms. The molecule has 1 N–H and O–H groups in total. The van der Waals surface area contributed by atoms with E-state index in [2.05, 4.69) is 4.98 Å². The number of carbonyl (C=O) groups is 1. The van der Waals surface area contributed by atoms with Gasteiger partial charge in [0.05, 0.1) is 20.5 Å². The van der Waals surface area contributed by atoms with Gasteiger partial charge in [-0.1, -0.05) is 23.7 Å². The normalized spacial score (nSPS) is 10.7. The lowest BCUT2D eigenvalue weighted by molar-refractivity contribution is 0.0697. The van der Waals surface area contributed by atoms with Gasteiger partial charge < -0.3 is 5.11 Å². The minimum Gasteiger partial charge on any atom is -0.478 e. The Morgan fingerprint density at radius 1 is 1.15 bits per heavy atom. The number of hydrogen-bond donors (Lipinski definition) is 1. The van der Waals surface area contributed by atoms with Crippen LogP contribution >= 0.6 is 34.3 Å². The molecule has 0 aliphatic carbocycles. The SMILES string of the molecule is O=C(O)c1ccc(-c2nc(-c3ccc(Cl)s3)cs2)cc1. The molecular weight excluding hydrogens is 314 g/mol. The molecule has 1 aromatic carbocycles. The predicted octanol–water partition coefficient (Wildman–Crippen LogP) is 4.89. The summed E-state index contributed by atoms with van der Waals surface area (Å²) >= 11 is 8.93. The van der Waals surface area contributed by atoms with Crippen molar-refractivity contribution in [3.8, 4) is 21.1 Å². The van der Waals surface area contributed by atoms with E-state index in [0.29, 0.717) is 0 Å². The summed E-state index contributed by atoms with van der Waals surface area (Å²) in [5.74, 6) is -0.926. The Kier molecular flexibility index (Phi) is 3.56. The summed E-state index contributed by atoms with van der Waals surface area (Å²) in [4.78, 5) is 16.4. The number of halogens is 1. The van der Waals surface area contributed by atoms with Crippen molar-refractivity contribution in [3.05, 3.63) is 51.7 Å². The first-order valence-corrected chi connectivity index (χ1v) is 7.76. The highest BCUT2D eigenvalue weighted by molar-refractivity contribution is 7.20. The van der Waals surface area contributed by atoms with Crippen LogP contribution in [0, 0.1) is 0 Å². The number of carboxylic acid groups (broad SMARTS) is 1. The van der Waals surface area contributed by atoms with Crippen LogP contribution in [0.5, 0.6) is 0 Å². The monoisotopic (exact) mass is 321 g/mol. The van der Waals surface area contributed by atoms with Crippen molar-refractivity contribution in [2.24, 2.45) is 0 Å². The maximum atomic E-state index is 10.8. The molecule has 0 atom stereocenters. The molecule has 0 aliphatic rings. The average molecular weight is 322 g/mol. The number of nitrogens with zero attached hydrogens (tertiary/aromatic N) is 1. The molecule has 100 valence electrons. The van der Waals surface area contributed by atoms with Crippen LogP contribution in [0.1, 0.15) is 10.4 Å². The first kappa shape index (κ1) is 13.3. The second kappa shape index (κ2) is 5.36. The van der Waals surface area contributed by atoms with Gasteiger partial charge in [0.1, 0.15) is 5.01 Å². The van der Waals surface area contributed by atoms with Gasteiger partial charge in [-0.3, -0.25) is 0 Å². The summed E-state index contributed by atoms with van der Waals surface area (Å²) in [5.41, 5.74) is 2.08. The molecule has 2 heterocycles. The molecule has 3 rings (SSSR count). The van der Waals surface area contributed by atoms with E-state index < -0.39 is 5.97 Å². The minimum atomic E-state index is -0.926. The van der Waals surface area contributed by atoms with Gasteiger partial charge in [0.2, 0.25) is 0 Å². The van der Waals surface area contributed by atoms with Gasteiger partial charge in [0, 0.05) is 10.9 Å². The van der Waals surface area contributed by atoms with E-state index in [0.717, 1.165) is 25.5 Å². The fraction of sp³-hybridized carbons (Fsp3) is 0. The highest BCUT2D eigenvalue weighted by atomic mass is 35.5. The number of thiophene rings is 1. The van der Waals surface area contributed by atoms with Crippen LogP contribution in [0.4, 0.5) is 0 Å². The molecule has 3 aromatic rings. The van der Waals surface area contributed by atoms with Gasteiger partial charge in [0.25, 0.3) is 0 Å². The number of hydrogen-bond acceptors (Lipinski definition) is 4. The smallest absolute Gasteiger partial charge is 0.335 e. The first-order valence-electron chi connectivity index (χ1n) is 5.68. The molecule has 0 amide bonds. The van der Waals surface area contributed by atoms with Crippen LogP contribution < -0.4 is 0 Å². The summed E-state index contributed by atoms with van der Waals surface area (Å²) in [5, 5.41) is 11.7. The van der Waals surface area contributed by atoms with Gasteiger partial charge in [-0.25, -0.2) is 9.78 Å². The quantitative estimate of drug-likeness (QED) is 0.747. The van der Waals surface area contributed by atoms with Crippen LogP contribution in [-0.4, -0.2) is 16.1 Å². The molecular formula is C14H8ClNO2S2. The second-order valence-electron chi connectivity index (χ2n) is 4.02. The summed E-state index contributed by atoms with van der Waals surface area (Å²) in [6.45, 7) is 0. The predicted molar refractivity (Wildman–Crippen MR) is 82.8 cm³/mol. The van der Waals surface area contributed by atoms with E-state index in [1.54, 1.807) is 24.3 Å². The maximum absolute atomic E-state index is 10.8. The number of rotatable bonds is 3. The molecule has 3 nitrogen and oxygen atoms in total. The molecule has 0 unspecified atom stereocenters. The van der Waals surface area contributed by atoms with E-state index in [-0.39, 0.29) is 5.56 Å². The number of thiazole rings is 1. The lowest BCUT2D eigenvalue weighted by Gasteiger charge is -1.97. The first-order chi connectivity index (χ1) is 9.63. The molecule has 0 radical (unpaired) electrons. The zero-order valence-electron chi connectivity index (χ0n) is 10.0. The van der Waals surface area contributed by atoms with Crippen LogP contribution in [0.2, 0.25) is 4.34 Å². The Morgan fingerprint density at radius 3 is 2.50 bits per heavy atom.